The minimum Gasteiger partial charge on any atom is -0.481 e. The average molecular weight is 439 g/mol. The number of likely N-dealkylation sites (N-methyl/N-ethyl adjacent to an activating group) is 1. The Hall–Kier alpha value is -4.01. The van der Waals surface area contributed by atoms with Crippen molar-refractivity contribution in [3.63, 3.8) is 0 Å². The molecule has 1 atom stereocenters. The molecular weight excluding hydrogens is 417 g/mol. The molecule has 9 heteroatoms. The van der Waals surface area contributed by atoms with Crippen LogP contribution in [-0.2, 0) is 14.4 Å². The van der Waals surface area contributed by atoms with Gasteiger partial charge in [0, 0.05) is 37.1 Å². The number of carboxylic acid groups (broad SMARTS) is 1. The zero-order chi connectivity index (χ0) is 23.4. The van der Waals surface area contributed by atoms with Gasteiger partial charge in [0.2, 0.25) is 0 Å². The lowest BCUT2D eigenvalue weighted by Crippen LogP contribution is -2.57. The van der Waals surface area contributed by atoms with E-state index in [0.717, 1.165) is 16.5 Å². The highest BCUT2D eigenvalue weighted by atomic mass is 19.1. The summed E-state index contributed by atoms with van der Waals surface area (Å²) in [5.41, 5.74) is 1.71. The molecule has 0 unspecified atom stereocenters. The predicted octanol–water partition coefficient (Wildman–Crippen LogP) is 2.72. The van der Waals surface area contributed by atoms with Gasteiger partial charge in [-0.1, -0.05) is 24.3 Å². The number of nitrogens with one attached hydrogen (secondary N) is 1. The van der Waals surface area contributed by atoms with E-state index in [1.54, 1.807) is 12.1 Å². The number of halogens is 1. The fourth-order valence-corrected chi connectivity index (χ4v) is 3.39. The molecule has 0 bridgehead atoms. The normalized spacial score (nSPS) is 15.6. The van der Waals surface area contributed by atoms with Crippen LogP contribution in [0.15, 0.2) is 54.7 Å². The molecule has 166 valence electrons. The second-order valence-electron chi connectivity index (χ2n) is 7.29. The zero-order valence-electron chi connectivity index (χ0n) is 17.5. The second kappa shape index (κ2) is 9.42. The van der Waals surface area contributed by atoms with Gasteiger partial charge in [0.25, 0.3) is 5.91 Å². The van der Waals surface area contributed by atoms with Crippen molar-refractivity contribution >= 4 is 29.4 Å². The summed E-state index contributed by atoms with van der Waals surface area (Å²) in [6.07, 6.45) is 2.13. The average Bonchev–Trinajstić information content (AvgIpc) is 2.75. The number of benzene rings is 2. The fourth-order valence-electron chi connectivity index (χ4n) is 3.39. The molecule has 2 aromatic carbocycles. The number of hydrogen-bond donors (Lipinski definition) is 2. The first-order chi connectivity index (χ1) is 15.2. The summed E-state index contributed by atoms with van der Waals surface area (Å²) in [6.45, 7) is 1.60. The minimum atomic E-state index is -1.51. The largest absolute Gasteiger partial charge is 0.481 e. The van der Waals surface area contributed by atoms with Gasteiger partial charge >= 0.3 is 12.0 Å². The van der Waals surface area contributed by atoms with Gasteiger partial charge in [-0.2, -0.15) is 0 Å². The van der Waals surface area contributed by atoms with Gasteiger partial charge in [-0.15, -0.1) is 0 Å². The molecular formula is C23H22FN3O5. The van der Waals surface area contributed by atoms with Gasteiger partial charge in [0.15, 0.2) is 11.8 Å². The van der Waals surface area contributed by atoms with E-state index >= 15 is 0 Å². The standard InChI is InChI=1S/C23H22FN3O5/c1-14-5-3-4-6-16(14)17-13-15(7-8-18(17)24)27(23(32)25-11-9-20(29)30)21-19(28)10-12-26(2)22(21)31/h3-8,10,12-13,21H,9,11H2,1-2H3,(H,25,32)(H,29,30)/t21-/m0/s1. The summed E-state index contributed by atoms with van der Waals surface area (Å²) in [4.78, 5) is 51.3. The summed E-state index contributed by atoms with van der Waals surface area (Å²) in [7, 11) is 1.45. The van der Waals surface area contributed by atoms with Crippen LogP contribution in [0.25, 0.3) is 11.1 Å². The number of urea groups is 1. The van der Waals surface area contributed by atoms with Crippen molar-refractivity contribution in [3.8, 4) is 11.1 Å². The Morgan fingerprint density at radius 2 is 1.88 bits per heavy atom. The lowest BCUT2D eigenvalue weighted by Gasteiger charge is -2.33. The van der Waals surface area contributed by atoms with Gasteiger partial charge in [0.1, 0.15) is 5.82 Å². The Kier molecular flexibility index (Phi) is 6.67. The van der Waals surface area contributed by atoms with E-state index < -0.39 is 35.5 Å². The van der Waals surface area contributed by atoms with Gasteiger partial charge in [-0.3, -0.25) is 19.3 Å². The fraction of sp³-hybridized carbons (Fsp3) is 0.217. The Balaban J connectivity index is 2.08. The van der Waals surface area contributed by atoms with Crippen LogP contribution in [0.5, 0.6) is 0 Å². The van der Waals surface area contributed by atoms with E-state index in [2.05, 4.69) is 5.32 Å². The van der Waals surface area contributed by atoms with Gasteiger partial charge < -0.3 is 15.3 Å². The van der Waals surface area contributed by atoms with Gasteiger partial charge in [0.05, 0.1) is 6.42 Å². The molecule has 0 saturated carbocycles. The van der Waals surface area contributed by atoms with Crippen LogP contribution in [0.2, 0.25) is 0 Å². The van der Waals surface area contributed by atoms with Crippen molar-refractivity contribution in [2.24, 2.45) is 0 Å². The number of nitrogens with zero attached hydrogens (tertiary/aromatic N) is 2. The van der Waals surface area contributed by atoms with Crippen molar-refractivity contribution in [1.29, 1.82) is 0 Å². The quantitative estimate of drug-likeness (QED) is 0.673. The second-order valence-corrected chi connectivity index (χ2v) is 7.29. The first-order valence-electron chi connectivity index (χ1n) is 9.84. The van der Waals surface area contributed by atoms with E-state index in [1.165, 1.54) is 36.4 Å². The van der Waals surface area contributed by atoms with Gasteiger partial charge in [-0.05, 0) is 36.2 Å². The summed E-state index contributed by atoms with van der Waals surface area (Å²) >= 11 is 0. The molecule has 2 N–H and O–H groups in total. The number of rotatable bonds is 6. The molecule has 0 aromatic heterocycles. The van der Waals surface area contributed by atoms with Crippen LogP contribution in [-0.4, -0.2) is 53.3 Å². The highest BCUT2D eigenvalue weighted by molar-refractivity contribution is 6.19. The predicted molar refractivity (Wildman–Crippen MR) is 115 cm³/mol. The highest BCUT2D eigenvalue weighted by Crippen LogP contribution is 2.31. The maximum Gasteiger partial charge on any atom is 0.323 e. The number of hydrogen-bond acceptors (Lipinski definition) is 4. The molecule has 3 amide bonds. The Bertz CT molecular complexity index is 1110. The molecule has 32 heavy (non-hydrogen) atoms. The van der Waals surface area contributed by atoms with Gasteiger partial charge in [-0.25, -0.2) is 9.18 Å². The maximum atomic E-state index is 14.7. The Labute approximate surface area is 183 Å². The Morgan fingerprint density at radius 3 is 2.56 bits per heavy atom. The number of carbonyl (C=O) groups excluding carboxylic acids is 3. The zero-order valence-corrected chi connectivity index (χ0v) is 17.5. The molecule has 0 radical (unpaired) electrons. The molecule has 1 aliphatic heterocycles. The lowest BCUT2D eigenvalue weighted by atomic mass is 9.98. The van der Waals surface area contributed by atoms with Crippen molar-refractivity contribution in [1.82, 2.24) is 10.2 Å². The third-order valence-electron chi connectivity index (χ3n) is 5.07. The number of anilines is 1. The molecule has 8 nitrogen and oxygen atoms in total. The molecule has 0 aliphatic carbocycles. The van der Waals surface area contributed by atoms with E-state index in [9.17, 15) is 23.6 Å². The molecule has 0 saturated heterocycles. The minimum absolute atomic E-state index is 0.118. The topological polar surface area (TPSA) is 107 Å². The third kappa shape index (κ3) is 4.66. The van der Waals surface area contributed by atoms with Crippen LogP contribution in [0.1, 0.15) is 12.0 Å². The van der Waals surface area contributed by atoms with Crippen molar-refractivity contribution in [3.05, 3.63) is 66.1 Å². The van der Waals surface area contributed by atoms with E-state index in [1.807, 2.05) is 19.1 Å². The lowest BCUT2D eigenvalue weighted by molar-refractivity contribution is -0.137. The molecule has 1 heterocycles. The molecule has 0 spiro atoms. The summed E-state index contributed by atoms with van der Waals surface area (Å²) in [6, 6.07) is 8.59. The molecule has 1 aliphatic rings. The number of ketones is 1. The van der Waals surface area contributed by atoms with Crippen LogP contribution in [0.3, 0.4) is 0 Å². The first-order valence-corrected chi connectivity index (χ1v) is 9.84. The van der Waals surface area contributed by atoms with E-state index in [-0.39, 0.29) is 24.2 Å². The van der Waals surface area contributed by atoms with E-state index in [4.69, 9.17) is 5.11 Å². The highest BCUT2D eigenvalue weighted by Gasteiger charge is 2.39. The van der Waals surface area contributed by atoms with Crippen molar-refractivity contribution in [2.75, 3.05) is 18.5 Å². The maximum absolute atomic E-state index is 14.7. The number of carboxylic acids is 1. The summed E-state index contributed by atoms with van der Waals surface area (Å²) < 4.78 is 14.7. The van der Waals surface area contributed by atoms with E-state index in [0.29, 0.717) is 5.56 Å². The van der Waals surface area contributed by atoms with Crippen LogP contribution in [0.4, 0.5) is 14.9 Å². The third-order valence-corrected chi connectivity index (χ3v) is 5.07. The summed E-state index contributed by atoms with van der Waals surface area (Å²) in [5.74, 6) is -2.92. The van der Waals surface area contributed by atoms with Crippen LogP contribution < -0.4 is 10.2 Å². The number of aliphatic carboxylic acids is 1. The molecule has 0 fully saturated rings. The summed E-state index contributed by atoms with van der Waals surface area (Å²) in [5, 5.41) is 11.3. The molecule has 2 aromatic rings. The SMILES string of the molecule is Cc1ccccc1-c1cc(N(C(=O)NCCC(=O)O)[C@H]2C(=O)C=CN(C)C2=O)ccc1F. The Morgan fingerprint density at radius 1 is 1.16 bits per heavy atom. The first kappa shape index (κ1) is 22.7. The number of amides is 3. The van der Waals surface area contributed by atoms with Crippen LogP contribution in [0, 0.1) is 12.7 Å². The smallest absolute Gasteiger partial charge is 0.323 e. The monoisotopic (exact) mass is 439 g/mol. The van der Waals surface area contributed by atoms with Crippen LogP contribution >= 0.6 is 0 Å². The van der Waals surface area contributed by atoms with Crippen molar-refractivity contribution < 1.29 is 28.7 Å². The number of aryl methyl sites for hydroxylation is 1. The number of carbonyl (C=O) groups is 4. The van der Waals surface area contributed by atoms with Crippen molar-refractivity contribution in [2.45, 2.75) is 19.4 Å². The molecule has 3 rings (SSSR count).